The fourth-order valence-corrected chi connectivity index (χ4v) is 2.65. The maximum Gasteiger partial charge on any atom is 0.124 e. The maximum atomic E-state index is 13.3. The van der Waals surface area contributed by atoms with Crippen LogP contribution < -0.4 is 5.32 Å². The summed E-state index contributed by atoms with van der Waals surface area (Å²) < 4.78 is 19.9. The Morgan fingerprint density at radius 3 is 2.56 bits per heavy atom. The van der Waals surface area contributed by atoms with Crippen LogP contribution in [0.5, 0.6) is 0 Å². The zero-order valence-electron chi connectivity index (χ0n) is 11.4. The van der Waals surface area contributed by atoms with Crippen molar-refractivity contribution in [2.75, 3.05) is 13.7 Å². The van der Waals surface area contributed by atoms with Crippen molar-refractivity contribution in [2.45, 2.75) is 38.8 Å². The van der Waals surface area contributed by atoms with Gasteiger partial charge in [0.2, 0.25) is 0 Å². The smallest absolute Gasteiger partial charge is 0.124 e. The van der Waals surface area contributed by atoms with Crippen molar-refractivity contribution in [1.82, 2.24) is 5.32 Å². The lowest BCUT2D eigenvalue weighted by Crippen LogP contribution is -2.48. The van der Waals surface area contributed by atoms with E-state index in [-0.39, 0.29) is 17.5 Å². The van der Waals surface area contributed by atoms with E-state index >= 15 is 0 Å². The van der Waals surface area contributed by atoms with Crippen molar-refractivity contribution in [2.24, 2.45) is 0 Å². The number of benzene rings is 1. The highest BCUT2D eigenvalue weighted by atomic mass is 79.9. The maximum absolute atomic E-state index is 13.3. The minimum atomic E-state index is -0.289. The van der Waals surface area contributed by atoms with Crippen LogP contribution in [-0.4, -0.2) is 25.3 Å². The molecule has 2 nitrogen and oxygen atoms in total. The summed E-state index contributed by atoms with van der Waals surface area (Å²) in [4.78, 5) is 0. The molecule has 0 fully saturated rings. The number of rotatable bonds is 6. The van der Waals surface area contributed by atoms with Crippen LogP contribution in [0, 0.1) is 5.82 Å². The molecule has 0 spiro atoms. The minimum absolute atomic E-state index is 0.131. The molecule has 0 aromatic heterocycles. The van der Waals surface area contributed by atoms with E-state index in [2.05, 4.69) is 21.2 Å². The van der Waals surface area contributed by atoms with Gasteiger partial charge in [-0.2, -0.15) is 0 Å². The van der Waals surface area contributed by atoms with Gasteiger partial charge in [-0.25, -0.2) is 4.39 Å². The molecule has 1 N–H and O–H groups in total. The van der Waals surface area contributed by atoms with Gasteiger partial charge < -0.3 is 10.1 Å². The van der Waals surface area contributed by atoms with Crippen molar-refractivity contribution < 1.29 is 9.13 Å². The normalized spacial score (nSPS) is 13.7. The van der Waals surface area contributed by atoms with Crippen molar-refractivity contribution in [3.8, 4) is 0 Å². The lowest BCUT2D eigenvalue weighted by Gasteiger charge is -2.34. The number of hydrogen-bond donors (Lipinski definition) is 1. The summed E-state index contributed by atoms with van der Waals surface area (Å²) in [5.74, 6) is -0.219. The van der Waals surface area contributed by atoms with E-state index in [1.807, 2.05) is 33.9 Å². The molecule has 0 radical (unpaired) electrons. The first-order chi connectivity index (χ1) is 8.39. The molecular formula is C14H21BrFNO. The van der Waals surface area contributed by atoms with E-state index in [0.29, 0.717) is 6.61 Å². The van der Waals surface area contributed by atoms with Gasteiger partial charge in [0.15, 0.2) is 0 Å². The summed E-state index contributed by atoms with van der Waals surface area (Å²) in [6, 6.07) is 5.10. The van der Waals surface area contributed by atoms with Crippen LogP contribution in [-0.2, 0) is 11.2 Å². The van der Waals surface area contributed by atoms with Gasteiger partial charge in [-0.1, -0.05) is 15.9 Å². The van der Waals surface area contributed by atoms with Gasteiger partial charge in [0, 0.05) is 17.1 Å². The summed E-state index contributed by atoms with van der Waals surface area (Å²) in [5, 5.41) is 3.25. The highest BCUT2D eigenvalue weighted by molar-refractivity contribution is 9.10. The average Bonchev–Trinajstić information content (AvgIpc) is 2.24. The fourth-order valence-electron chi connectivity index (χ4n) is 2.13. The number of ether oxygens (including phenoxy) is 1. The highest BCUT2D eigenvalue weighted by Crippen LogP contribution is 2.21. The Morgan fingerprint density at radius 2 is 2.06 bits per heavy atom. The third kappa shape index (κ3) is 4.34. The average molecular weight is 318 g/mol. The molecule has 1 unspecified atom stereocenters. The van der Waals surface area contributed by atoms with Gasteiger partial charge in [-0.3, -0.25) is 0 Å². The quantitative estimate of drug-likeness (QED) is 0.866. The van der Waals surface area contributed by atoms with E-state index in [4.69, 9.17) is 4.74 Å². The SMILES string of the molecule is CCOC(C)(C)C(Cc1cc(F)cc(Br)c1)NC. The van der Waals surface area contributed by atoms with Crippen LogP contribution in [0.25, 0.3) is 0 Å². The lowest BCUT2D eigenvalue weighted by molar-refractivity contribution is -0.0363. The van der Waals surface area contributed by atoms with Crippen molar-refractivity contribution >= 4 is 15.9 Å². The van der Waals surface area contributed by atoms with Gasteiger partial charge in [0.1, 0.15) is 5.82 Å². The van der Waals surface area contributed by atoms with Gasteiger partial charge in [-0.15, -0.1) is 0 Å². The standard InChI is InChI=1S/C14H21BrFNO/c1-5-18-14(2,3)13(17-4)8-10-6-11(15)9-12(16)7-10/h6-7,9,13,17H,5,8H2,1-4H3. The Kier molecular flexibility index (Phi) is 5.76. The Hall–Kier alpha value is -0.450. The molecule has 0 aliphatic carbocycles. The van der Waals surface area contributed by atoms with Crippen LogP contribution >= 0.6 is 15.9 Å². The van der Waals surface area contributed by atoms with Gasteiger partial charge in [-0.05, 0) is 58.0 Å². The van der Waals surface area contributed by atoms with Crippen LogP contribution in [0.1, 0.15) is 26.3 Å². The monoisotopic (exact) mass is 317 g/mol. The second-order valence-electron chi connectivity index (χ2n) is 4.86. The summed E-state index contributed by atoms with van der Waals surface area (Å²) in [6.45, 7) is 6.74. The topological polar surface area (TPSA) is 21.3 Å². The number of halogens is 2. The van der Waals surface area contributed by atoms with Gasteiger partial charge in [0.25, 0.3) is 0 Å². The number of nitrogens with one attached hydrogen (secondary N) is 1. The molecule has 0 saturated heterocycles. The first kappa shape index (κ1) is 15.6. The third-order valence-corrected chi connectivity index (χ3v) is 3.52. The van der Waals surface area contributed by atoms with Crippen molar-refractivity contribution in [1.29, 1.82) is 0 Å². The molecule has 102 valence electrons. The molecular weight excluding hydrogens is 297 g/mol. The van der Waals surface area contributed by atoms with Crippen LogP contribution in [0.15, 0.2) is 22.7 Å². The molecule has 0 amide bonds. The van der Waals surface area contributed by atoms with E-state index in [9.17, 15) is 4.39 Å². The first-order valence-corrected chi connectivity index (χ1v) is 6.94. The van der Waals surface area contributed by atoms with Gasteiger partial charge in [0.05, 0.1) is 5.60 Å². The molecule has 0 aliphatic rings. The minimum Gasteiger partial charge on any atom is -0.374 e. The Bertz CT molecular complexity index is 375. The van der Waals surface area contributed by atoms with E-state index < -0.39 is 0 Å². The molecule has 0 bridgehead atoms. The summed E-state index contributed by atoms with van der Waals surface area (Å²) in [5.41, 5.74) is 0.663. The zero-order valence-corrected chi connectivity index (χ0v) is 13.0. The molecule has 0 aliphatic heterocycles. The van der Waals surface area contributed by atoms with Crippen molar-refractivity contribution in [3.63, 3.8) is 0 Å². The zero-order chi connectivity index (χ0) is 13.8. The molecule has 1 rings (SSSR count). The highest BCUT2D eigenvalue weighted by Gasteiger charge is 2.28. The fraction of sp³-hybridized carbons (Fsp3) is 0.571. The number of likely N-dealkylation sites (N-methyl/N-ethyl adjacent to an activating group) is 1. The Balaban J connectivity index is 2.85. The van der Waals surface area contributed by atoms with E-state index in [0.717, 1.165) is 16.5 Å². The summed E-state index contributed by atoms with van der Waals surface area (Å²) in [6.07, 6.45) is 0.722. The van der Waals surface area contributed by atoms with E-state index in [1.54, 1.807) is 6.07 Å². The molecule has 18 heavy (non-hydrogen) atoms. The van der Waals surface area contributed by atoms with Crippen molar-refractivity contribution in [3.05, 3.63) is 34.1 Å². The van der Waals surface area contributed by atoms with Gasteiger partial charge >= 0.3 is 0 Å². The van der Waals surface area contributed by atoms with E-state index in [1.165, 1.54) is 6.07 Å². The predicted octanol–water partition coefficient (Wildman–Crippen LogP) is 3.53. The Morgan fingerprint density at radius 1 is 1.39 bits per heavy atom. The molecule has 0 saturated carbocycles. The first-order valence-electron chi connectivity index (χ1n) is 6.15. The summed E-state index contributed by atoms with van der Waals surface area (Å²) in [7, 11) is 1.90. The Labute approximate surface area is 117 Å². The molecule has 1 aromatic carbocycles. The summed E-state index contributed by atoms with van der Waals surface area (Å²) >= 11 is 3.31. The lowest BCUT2D eigenvalue weighted by atomic mass is 9.92. The number of hydrogen-bond acceptors (Lipinski definition) is 2. The predicted molar refractivity (Wildman–Crippen MR) is 76.4 cm³/mol. The molecule has 4 heteroatoms. The van der Waals surface area contributed by atoms with Crippen LogP contribution in [0.2, 0.25) is 0 Å². The third-order valence-electron chi connectivity index (χ3n) is 3.07. The largest absolute Gasteiger partial charge is 0.374 e. The van der Waals surface area contributed by atoms with Crippen LogP contribution in [0.3, 0.4) is 0 Å². The molecule has 0 heterocycles. The molecule has 1 aromatic rings. The van der Waals surface area contributed by atoms with Crippen LogP contribution in [0.4, 0.5) is 4.39 Å². The second kappa shape index (κ2) is 6.64. The second-order valence-corrected chi connectivity index (χ2v) is 5.78. The molecule has 1 atom stereocenters.